The second-order valence-electron chi connectivity index (χ2n) is 17.1. The molecule has 306 valence electrons. The molecule has 0 unspecified atom stereocenters. The number of nitrogens with zero attached hydrogens (tertiary/aromatic N) is 3. The van der Waals surface area contributed by atoms with Crippen molar-refractivity contribution in [1.29, 1.82) is 0 Å². The van der Waals surface area contributed by atoms with Crippen LogP contribution < -0.4 is 0 Å². The number of hydrogen-bond acceptors (Lipinski definition) is 3. The van der Waals surface area contributed by atoms with Crippen molar-refractivity contribution >= 4 is 11.0 Å². The first-order valence-electron chi connectivity index (χ1n) is 23.3. The summed E-state index contributed by atoms with van der Waals surface area (Å²) in [5.41, 5.74) is 16.5. The summed E-state index contributed by atoms with van der Waals surface area (Å²) in [6.45, 7) is 11.4. The molecule has 0 aliphatic heterocycles. The zero-order valence-electron chi connectivity index (χ0n) is 40.4. The first-order chi connectivity index (χ1) is 31.4. The molecule has 2 aromatic heterocycles. The quantitative estimate of drug-likeness (QED) is 0.158. The lowest BCUT2D eigenvalue weighted by Crippen LogP contribution is -2.01. The van der Waals surface area contributed by atoms with Gasteiger partial charge < -0.3 is 5.11 Å². The van der Waals surface area contributed by atoms with Gasteiger partial charge >= 0.3 is 0 Å². The van der Waals surface area contributed by atoms with Gasteiger partial charge in [0.1, 0.15) is 11.6 Å². The molecule has 9 rings (SSSR count). The van der Waals surface area contributed by atoms with Gasteiger partial charge in [0.25, 0.3) is 0 Å². The lowest BCUT2D eigenvalue weighted by Gasteiger charge is -2.17. The number of imidazole rings is 1. The minimum Gasteiger partial charge on any atom is -0.507 e. The number of rotatable bonds is 9. The van der Waals surface area contributed by atoms with Crippen molar-refractivity contribution in [3.63, 3.8) is 0 Å². The topological polar surface area (TPSA) is 50.9 Å². The molecule has 1 N–H and O–H groups in total. The van der Waals surface area contributed by atoms with Crippen LogP contribution in [0.4, 0.5) is 0 Å². The van der Waals surface area contributed by atoms with E-state index in [4.69, 9.17) is 15.5 Å². The number of hydrogen-bond donors (Lipinski definition) is 1. The monoisotopic (exact) mass is 811 g/mol. The second kappa shape index (κ2) is 16.4. The standard InChI is InChI=1S/C58H53N3O/c1-35(2)45-28-46(36(3)4)30-48(29-45)43-21-22-54(39(7)27-43)61-55-16-12-15-51(56(55)60-58(61)52-26-38(6)25-40(8)57(52)62)49-31-47(41-13-10-9-11-14-41)32-50(33-49)53-34-44(23-24-59-53)42-19-17-37(5)18-20-42/h9-36,62H,1-8H3/i7D3,35D. The maximum Gasteiger partial charge on any atom is 0.149 e. The van der Waals surface area contributed by atoms with Crippen LogP contribution in [0.3, 0.4) is 0 Å². The van der Waals surface area contributed by atoms with Gasteiger partial charge in [0.2, 0.25) is 0 Å². The third-order valence-corrected chi connectivity index (χ3v) is 11.9. The van der Waals surface area contributed by atoms with Gasteiger partial charge in [0.15, 0.2) is 0 Å². The minimum absolute atomic E-state index is 0.0784. The minimum atomic E-state index is -2.53. The van der Waals surface area contributed by atoms with E-state index in [-0.39, 0.29) is 17.2 Å². The van der Waals surface area contributed by atoms with Gasteiger partial charge in [-0.15, -0.1) is 0 Å². The second-order valence-corrected chi connectivity index (χ2v) is 17.1. The highest BCUT2D eigenvalue weighted by Crippen LogP contribution is 2.42. The highest BCUT2D eigenvalue weighted by molar-refractivity contribution is 5.98. The smallest absolute Gasteiger partial charge is 0.149 e. The van der Waals surface area contributed by atoms with Gasteiger partial charge in [-0.25, -0.2) is 4.98 Å². The van der Waals surface area contributed by atoms with Gasteiger partial charge in [-0.2, -0.15) is 0 Å². The van der Waals surface area contributed by atoms with Crippen molar-refractivity contribution in [2.24, 2.45) is 0 Å². The van der Waals surface area contributed by atoms with Crippen molar-refractivity contribution in [2.45, 2.75) is 67.1 Å². The largest absolute Gasteiger partial charge is 0.507 e. The summed E-state index contributed by atoms with van der Waals surface area (Å²) in [6, 6.07) is 51.0. The Morgan fingerprint density at radius 3 is 2.00 bits per heavy atom. The Balaban J connectivity index is 1.30. The van der Waals surface area contributed by atoms with E-state index in [0.29, 0.717) is 33.7 Å². The van der Waals surface area contributed by atoms with Gasteiger partial charge in [0, 0.05) is 22.8 Å². The first kappa shape index (κ1) is 35.7. The van der Waals surface area contributed by atoms with E-state index in [1.54, 1.807) is 6.07 Å². The van der Waals surface area contributed by atoms with Crippen molar-refractivity contribution in [3.8, 4) is 78.6 Å². The number of para-hydroxylation sites is 1. The summed E-state index contributed by atoms with van der Waals surface area (Å²) >= 11 is 0. The fraction of sp³-hybridized carbons (Fsp3) is 0.172. The van der Waals surface area contributed by atoms with E-state index in [1.807, 2.05) is 105 Å². The molecule has 4 heteroatoms. The third kappa shape index (κ3) is 7.74. The molecule has 0 bridgehead atoms. The van der Waals surface area contributed by atoms with Crippen LogP contribution in [0.2, 0.25) is 0 Å². The number of pyridine rings is 1. The van der Waals surface area contributed by atoms with Crippen LogP contribution in [0.1, 0.15) is 78.4 Å². The van der Waals surface area contributed by atoms with Crippen LogP contribution in [-0.4, -0.2) is 19.6 Å². The first-order valence-corrected chi connectivity index (χ1v) is 21.3. The van der Waals surface area contributed by atoms with Gasteiger partial charge in [-0.3, -0.25) is 9.55 Å². The van der Waals surface area contributed by atoms with E-state index in [0.717, 1.165) is 72.5 Å². The number of aryl methyl sites for hydroxylation is 4. The highest BCUT2D eigenvalue weighted by Gasteiger charge is 2.23. The average molecular weight is 812 g/mol. The van der Waals surface area contributed by atoms with E-state index in [1.165, 1.54) is 5.56 Å². The van der Waals surface area contributed by atoms with Gasteiger partial charge in [0.05, 0.1) is 28.0 Å². The summed E-state index contributed by atoms with van der Waals surface area (Å²) in [6.07, 6.45) is 1.86. The van der Waals surface area contributed by atoms with E-state index in [9.17, 15) is 5.11 Å². The lowest BCUT2D eigenvalue weighted by atomic mass is 9.90. The van der Waals surface area contributed by atoms with E-state index >= 15 is 0 Å². The fourth-order valence-corrected chi connectivity index (χ4v) is 8.48. The Bertz CT molecular complexity index is 3290. The molecule has 7 aromatic carbocycles. The molecular weight excluding hydrogens is 755 g/mol. The zero-order valence-corrected chi connectivity index (χ0v) is 36.4. The number of aromatic nitrogens is 3. The molecule has 0 amide bonds. The number of aromatic hydroxyl groups is 1. The maximum absolute atomic E-state index is 11.8. The normalized spacial score (nSPS) is 12.9. The predicted molar refractivity (Wildman–Crippen MR) is 260 cm³/mol. The Morgan fingerprint density at radius 2 is 1.24 bits per heavy atom. The summed E-state index contributed by atoms with van der Waals surface area (Å²) in [7, 11) is 0. The summed E-state index contributed by atoms with van der Waals surface area (Å²) in [5.74, 6) is -0.148. The van der Waals surface area contributed by atoms with Crippen LogP contribution in [0.5, 0.6) is 5.75 Å². The number of fused-ring (bicyclic) bond motifs is 1. The Morgan fingerprint density at radius 1 is 0.548 bits per heavy atom. The molecule has 0 aliphatic rings. The fourth-order valence-electron chi connectivity index (χ4n) is 8.48. The summed E-state index contributed by atoms with van der Waals surface area (Å²) in [4.78, 5) is 10.3. The number of benzene rings is 7. The lowest BCUT2D eigenvalue weighted by molar-refractivity contribution is 0.472. The van der Waals surface area contributed by atoms with Crippen LogP contribution in [-0.2, 0) is 0 Å². The zero-order chi connectivity index (χ0) is 46.7. The summed E-state index contributed by atoms with van der Waals surface area (Å²) in [5, 5.41) is 11.8. The van der Waals surface area contributed by atoms with E-state index < -0.39 is 12.7 Å². The number of phenols is 1. The molecule has 0 saturated heterocycles. The highest BCUT2D eigenvalue weighted by atomic mass is 16.3. The molecule has 0 spiro atoms. The molecule has 0 aliphatic carbocycles. The average Bonchev–Trinajstić information content (AvgIpc) is 3.69. The van der Waals surface area contributed by atoms with Crippen LogP contribution in [0.25, 0.3) is 83.9 Å². The molecule has 0 radical (unpaired) electrons. The molecular formula is C58H53N3O. The molecule has 0 atom stereocenters. The van der Waals surface area contributed by atoms with Gasteiger partial charge in [-0.05, 0) is 161 Å². The molecule has 0 fully saturated rings. The molecule has 4 nitrogen and oxygen atoms in total. The third-order valence-electron chi connectivity index (χ3n) is 11.9. The van der Waals surface area contributed by atoms with Crippen molar-refractivity contribution < 1.29 is 10.6 Å². The molecule has 2 heterocycles. The molecule has 9 aromatic rings. The van der Waals surface area contributed by atoms with Gasteiger partial charge in [-0.1, -0.05) is 130 Å². The Labute approximate surface area is 371 Å². The van der Waals surface area contributed by atoms with Crippen molar-refractivity contribution in [3.05, 3.63) is 191 Å². The maximum atomic E-state index is 11.8. The number of phenolic OH excluding ortho intramolecular Hbond substituents is 1. The van der Waals surface area contributed by atoms with Crippen LogP contribution in [0.15, 0.2) is 158 Å². The van der Waals surface area contributed by atoms with Crippen LogP contribution in [0, 0.1) is 27.6 Å². The summed E-state index contributed by atoms with van der Waals surface area (Å²) < 4.78 is 37.8. The SMILES string of the molecule is [2H]C([2H])([2H])c1cc(-c2cc(C(C)C)cc(C([2H])(C)C)c2)ccc1-n1c(-c2cc(C)cc(C)c2O)nc2c(-c3cc(-c4ccccc4)cc(-c4cc(-c5ccc(C)cc5)ccn4)c3)cccc21. The van der Waals surface area contributed by atoms with Crippen molar-refractivity contribution in [2.75, 3.05) is 0 Å². The van der Waals surface area contributed by atoms with E-state index in [2.05, 4.69) is 99.6 Å². The Hall–Kier alpha value is -7.04. The predicted octanol–water partition coefficient (Wildman–Crippen LogP) is 15.6. The van der Waals surface area contributed by atoms with Crippen LogP contribution >= 0.6 is 0 Å². The molecule has 62 heavy (non-hydrogen) atoms. The van der Waals surface area contributed by atoms with Crippen molar-refractivity contribution in [1.82, 2.24) is 14.5 Å². The Kier molecular flexibility index (Phi) is 9.46. The molecule has 0 saturated carbocycles.